The molecule has 0 aliphatic carbocycles. The van der Waals surface area contributed by atoms with E-state index in [1.807, 2.05) is 54.6 Å². The lowest BCUT2D eigenvalue weighted by molar-refractivity contribution is 0.102. The number of sulfonamides is 1. The third kappa shape index (κ3) is 4.44. The lowest BCUT2D eigenvalue weighted by Crippen LogP contribution is -2.35. The molecule has 1 fully saturated rings. The molecule has 1 N–H and O–H groups in total. The van der Waals surface area contributed by atoms with Gasteiger partial charge in [-0.15, -0.1) is 0 Å². The predicted octanol–water partition coefficient (Wildman–Crippen LogP) is 5.33. The molecule has 2 heterocycles. The Labute approximate surface area is 199 Å². The Hall–Kier alpha value is -3.55. The van der Waals surface area contributed by atoms with Gasteiger partial charge in [-0.3, -0.25) is 4.79 Å². The molecule has 7 heteroatoms. The van der Waals surface area contributed by atoms with Gasteiger partial charge in [0.25, 0.3) is 5.91 Å². The zero-order valence-electron chi connectivity index (χ0n) is 18.6. The van der Waals surface area contributed by atoms with Crippen molar-refractivity contribution in [1.82, 2.24) is 9.29 Å². The second kappa shape index (κ2) is 9.37. The van der Waals surface area contributed by atoms with Gasteiger partial charge in [0.2, 0.25) is 10.0 Å². The number of carbonyl (C=O) groups excluding carboxylic acids is 1. The van der Waals surface area contributed by atoms with Gasteiger partial charge in [-0.1, -0.05) is 55.0 Å². The summed E-state index contributed by atoms with van der Waals surface area (Å²) in [5, 5.41) is 3.67. The van der Waals surface area contributed by atoms with Crippen LogP contribution < -0.4 is 5.32 Å². The normalized spacial score (nSPS) is 14.7. The summed E-state index contributed by atoms with van der Waals surface area (Å²) in [5.41, 5.74) is 3.41. The number of carbonyl (C=O) groups is 1. The van der Waals surface area contributed by atoms with Gasteiger partial charge in [-0.25, -0.2) is 13.4 Å². The third-order valence-corrected chi connectivity index (χ3v) is 8.01. The smallest absolute Gasteiger partial charge is 0.256 e. The minimum atomic E-state index is -3.51. The first-order chi connectivity index (χ1) is 16.5. The summed E-state index contributed by atoms with van der Waals surface area (Å²) in [5.74, 6) is -0.276. The fraction of sp³-hybridized carbons (Fsp3) is 0.185. The van der Waals surface area contributed by atoms with Crippen molar-refractivity contribution in [2.75, 3.05) is 18.4 Å². The summed E-state index contributed by atoms with van der Waals surface area (Å²) in [6.07, 6.45) is 2.84. The van der Waals surface area contributed by atoms with Crippen molar-refractivity contribution >= 4 is 32.5 Å². The highest BCUT2D eigenvalue weighted by molar-refractivity contribution is 7.89. The Morgan fingerprint density at radius 3 is 2.24 bits per heavy atom. The van der Waals surface area contributed by atoms with Crippen LogP contribution in [0, 0.1) is 0 Å². The molecule has 0 bridgehead atoms. The summed E-state index contributed by atoms with van der Waals surface area (Å²) in [4.78, 5) is 18.2. The highest BCUT2D eigenvalue weighted by Crippen LogP contribution is 2.26. The topological polar surface area (TPSA) is 79.4 Å². The van der Waals surface area contributed by atoms with Crippen LogP contribution in [0.15, 0.2) is 89.8 Å². The van der Waals surface area contributed by atoms with E-state index in [1.54, 1.807) is 30.3 Å². The molecule has 0 spiro atoms. The molecular formula is C27H25N3O3S. The van der Waals surface area contributed by atoms with E-state index in [-0.39, 0.29) is 10.8 Å². The van der Waals surface area contributed by atoms with Crippen molar-refractivity contribution in [3.63, 3.8) is 0 Å². The van der Waals surface area contributed by atoms with E-state index < -0.39 is 10.0 Å². The van der Waals surface area contributed by atoms with E-state index in [2.05, 4.69) is 5.32 Å². The van der Waals surface area contributed by atoms with Crippen LogP contribution in [0.4, 0.5) is 5.69 Å². The maximum atomic E-state index is 13.3. The van der Waals surface area contributed by atoms with Crippen molar-refractivity contribution in [1.29, 1.82) is 0 Å². The molecule has 0 radical (unpaired) electrons. The molecule has 1 saturated heterocycles. The monoisotopic (exact) mass is 471 g/mol. The van der Waals surface area contributed by atoms with Gasteiger partial charge in [-0.2, -0.15) is 4.31 Å². The molecule has 0 unspecified atom stereocenters. The first kappa shape index (κ1) is 22.3. The number of aromatic nitrogens is 1. The van der Waals surface area contributed by atoms with Gasteiger partial charge in [0.1, 0.15) is 0 Å². The predicted molar refractivity (Wildman–Crippen MR) is 134 cm³/mol. The number of para-hydroxylation sites is 1. The molecule has 0 atom stereocenters. The minimum absolute atomic E-state index is 0.244. The molecule has 6 nitrogen and oxygen atoms in total. The van der Waals surface area contributed by atoms with Gasteiger partial charge in [0.15, 0.2) is 0 Å². The van der Waals surface area contributed by atoms with E-state index in [1.165, 1.54) is 4.31 Å². The Morgan fingerprint density at radius 1 is 0.824 bits per heavy atom. The first-order valence-electron chi connectivity index (χ1n) is 11.4. The fourth-order valence-corrected chi connectivity index (χ4v) is 5.80. The summed E-state index contributed by atoms with van der Waals surface area (Å²) in [6.45, 7) is 1.11. The van der Waals surface area contributed by atoms with Crippen LogP contribution in [0.1, 0.15) is 29.6 Å². The number of amides is 1. The fourth-order valence-electron chi connectivity index (χ4n) is 4.28. The number of rotatable bonds is 5. The van der Waals surface area contributed by atoms with Crippen LogP contribution in [0.25, 0.3) is 22.2 Å². The van der Waals surface area contributed by atoms with Crippen LogP contribution in [0.2, 0.25) is 0 Å². The Morgan fingerprint density at radius 2 is 1.50 bits per heavy atom. The lowest BCUT2D eigenvalue weighted by atomic mass is 10.0. The Kier molecular flexibility index (Phi) is 6.13. The van der Waals surface area contributed by atoms with Crippen molar-refractivity contribution in [2.45, 2.75) is 24.2 Å². The van der Waals surface area contributed by atoms with Crippen LogP contribution in [0.5, 0.6) is 0 Å². The molecule has 1 aliphatic heterocycles. The van der Waals surface area contributed by atoms with E-state index in [0.717, 1.165) is 35.7 Å². The highest BCUT2D eigenvalue weighted by atomic mass is 32.2. The van der Waals surface area contributed by atoms with E-state index >= 15 is 0 Å². The molecule has 1 amide bonds. The van der Waals surface area contributed by atoms with Gasteiger partial charge < -0.3 is 5.32 Å². The number of hydrogen-bond acceptors (Lipinski definition) is 4. The van der Waals surface area contributed by atoms with Gasteiger partial charge in [-0.05, 0) is 49.2 Å². The molecule has 0 saturated carbocycles. The third-order valence-electron chi connectivity index (χ3n) is 6.10. The minimum Gasteiger partial charge on any atom is -0.322 e. The van der Waals surface area contributed by atoms with Crippen LogP contribution in [-0.4, -0.2) is 36.7 Å². The number of hydrogen-bond donors (Lipinski definition) is 1. The molecule has 1 aliphatic rings. The Balaban J connectivity index is 1.43. The standard InChI is InChI=1S/C27H25N3O3S/c31-27(28-21-13-15-22(16-14-21)34(32,33)30-17-7-2-8-18-30)24-19-26(20-9-3-1-4-10-20)29-25-12-6-5-11-23(24)25/h1,3-6,9-16,19H,2,7-8,17-18H2,(H,28,31). The molecule has 5 rings (SSSR count). The van der Waals surface area contributed by atoms with E-state index in [9.17, 15) is 13.2 Å². The number of piperidine rings is 1. The summed E-state index contributed by atoms with van der Waals surface area (Å²) in [6, 6.07) is 25.4. The van der Waals surface area contributed by atoms with Crippen LogP contribution in [-0.2, 0) is 10.0 Å². The average molecular weight is 472 g/mol. The largest absolute Gasteiger partial charge is 0.322 e. The number of nitrogens with one attached hydrogen (secondary N) is 1. The lowest BCUT2D eigenvalue weighted by Gasteiger charge is -2.25. The van der Waals surface area contributed by atoms with E-state index in [0.29, 0.717) is 30.0 Å². The van der Waals surface area contributed by atoms with Crippen LogP contribution >= 0.6 is 0 Å². The average Bonchev–Trinajstić information content (AvgIpc) is 2.89. The van der Waals surface area contributed by atoms with E-state index in [4.69, 9.17) is 4.98 Å². The van der Waals surface area contributed by atoms with Gasteiger partial charge in [0, 0.05) is 29.7 Å². The SMILES string of the molecule is O=C(Nc1ccc(S(=O)(=O)N2CCCCC2)cc1)c1cc(-c2ccccc2)nc2ccccc12. The van der Waals surface area contributed by atoms with Crippen molar-refractivity contribution in [2.24, 2.45) is 0 Å². The second-order valence-corrected chi connectivity index (χ2v) is 10.3. The number of pyridine rings is 1. The second-order valence-electron chi connectivity index (χ2n) is 8.38. The highest BCUT2D eigenvalue weighted by Gasteiger charge is 2.25. The van der Waals surface area contributed by atoms with Crippen molar-refractivity contribution in [3.8, 4) is 11.3 Å². The maximum Gasteiger partial charge on any atom is 0.256 e. The maximum absolute atomic E-state index is 13.3. The number of anilines is 1. The molecule has 3 aromatic carbocycles. The van der Waals surface area contributed by atoms with Crippen molar-refractivity contribution < 1.29 is 13.2 Å². The van der Waals surface area contributed by atoms with Crippen LogP contribution in [0.3, 0.4) is 0 Å². The summed E-state index contributed by atoms with van der Waals surface area (Å²) < 4.78 is 27.3. The first-order valence-corrected chi connectivity index (χ1v) is 12.8. The molecular weight excluding hydrogens is 446 g/mol. The quantitative estimate of drug-likeness (QED) is 0.427. The molecule has 34 heavy (non-hydrogen) atoms. The van der Waals surface area contributed by atoms with Crippen molar-refractivity contribution in [3.05, 3.63) is 90.5 Å². The number of benzene rings is 3. The number of nitrogens with zero attached hydrogens (tertiary/aromatic N) is 2. The summed E-state index contributed by atoms with van der Waals surface area (Å²) >= 11 is 0. The van der Waals surface area contributed by atoms with Gasteiger partial charge >= 0.3 is 0 Å². The molecule has 1 aromatic heterocycles. The molecule has 4 aromatic rings. The summed E-state index contributed by atoms with van der Waals surface area (Å²) in [7, 11) is -3.51. The van der Waals surface area contributed by atoms with Gasteiger partial charge in [0.05, 0.1) is 21.7 Å². The zero-order chi connectivity index (χ0) is 23.5. The zero-order valence-corrected chi connectivity index (χ0v) is 19.5. The Bertz CT molecular complexity index is 1430. The number of fused-ring (bicyclic) bond motifs is 1. The molecule has 172 valence electrons.